The largest absolute Gasteiger partial charge is 0.378 e. The van der Waals surface area contributed by atoms with Crippen LogP contribution >= 0.6 is 23.5 Å². The Kier molecular flexibility index (Phi) is 3.36. The molecule has 16 heavy (non-hydrogen) atoms. The number of nitrogens with two attached hydrogens (primary N) is 1. The first-order valence-electron chi connectivity index (χ1n) is 4.61. The van der Waals surface area contributed by atoms with Crippen LogP contribution in [0.3, 0.4) is 0 Å². The third kappa shape index (κ3) is 2.48. The molecule has 0 aliphatic carbocycles. The Hall–Kier alpha value is -1.20. The molecule has 1 amide bonds. The summed E-state index contributed by atoms with van der Waals surface area (Å²) >= 11 is 2.90. The van der Waals surface area contributed by atoms with Crippen molar-refractivity contribution in [2.45, 2.75) is 4.90 Å². The molecule has 0 atom stereocenters. The van der Waals surface area contributed by atoms with Gasteiger partial charge in [0.25, 0.3) is 5.91 Å². The van der Waals surface area contributed by atoms with Gasteiger partial charge in [-0.2, -0.15) is 4.99 Å². The quantitative estimate of drug-likeness (QED) is 0.646. The summed E-state index contributed by atoms with van der Waals surface area (Å²) in [6.07, 6.45) is 3.83. The van der Waals surface area contributed by atoms with Gasteiger partial charge in [-0.3, -0.25) is 4.79 Å². The molecule has 82 valence electrons. The van der Waals surface area contributed by atoms with Crippen LogP contribution in [0.4, 0.5) is 0 Å². The number of nitrogens with zero attached hydrogens (tertiary/aromatic N) is 1. The zero-order chi connectivity index (χ0) is 11.5. The van der Waals surface area contributed by atoms with Crippen molar-refractivity contribution in [2.24, 2.45) is 10.7 Å². The van der Waals surface area contributed by atoms with Crippen LogP contribution in [0.1, 0.15) is 5.56 Å². The van der Waals surface area contributed by atoms with Crippen LogP contribution in [-0.2, 0) is 4.79 Å². The number of carbonyl (C=O) groups excluding carboxylic acids is 1. The van der Waals surface area contributed by atoms with E-state index in [0.29, 0.717) is 10.1 Å². The molecule has 1 aliphatic rings. The number of hydrogen-bond donors (Lipinski definition) is 1. The Balaban J connectivity index is 2.21. The van der Waals surface area contributed by atoms with Gasteiger partial charge in [-0.25, -0.2) is 0 Å². The summed E-state index contributed by atoms with van der Waals surface area (Å²) in [5.74, 6) is -0.253. The van der Waals surface area contributed by atoms with Crippen molar-refractivity contribution in [3.05, 3.63) is 34.7 Å². The second kappa shape index (κ2) is 4.76. The fourth-order valence-corrected chi connectivity index (χ4v) is 2.37. The summed E-state index contributed by atoms with van der Waals surface area (Å²) in [4.78, 5) is 16.8. The van der Waals surface area contributed by atoms with Gasteiger partial charge in [0.05, 0.1) is 4.91 Å². The molecule has 0 aromatic heterocycles. The first kappa shape index (κ1) is 11.3. The van der Waals surface area contributed by atoms with Crippen molar-refractivity contribution < 1.29 is 4.79 Å². The Morgan fingerprint density at radius 3 is 2.56 bits per heavy atom. The van der Waals surface area contributed by atoms with E-state index in [1.807, 2.05) is 30.5 Å². The molecular weight excluding hydrogens is 240 g/mol. The molecule has 1 aliphatic heterocycles. The lowest BCUT2D eigenvalue weighted by molar-refractivity contribution is -0.113. The topological polar surface area (TPSA) is 55.4 Å². The molecule has 0 unspecified atom stereocenters. The number of thioether (sulfide) groups is 2. The molecule has 0 radical (unpaired) electrons. The normalized spacial score (nSPS) is 17.9. The highest BCUT2D eigenvalue weighted by Crippen LogP contribution is 2.26. The van der Waals surface area contributed by atoms with E-state index in [9.17, 15) is 4.79 Å². The first-order valence-corrected chi connectivity index (χ1v) is 6.65. The first-order chi connectivity index (χ1) is 7.69. The predicted octanol–water partition coefficient (Wildman–Crippen LogP) is 2.34. The van der Waals surface area contributed by atoms with Gasteiger partial charge in [0, 0.05) is 4.90 Å². The standard InChI is InChI=1S/C11H10N2OS2/c1-15-8-4-2-7(3-5-8)6-9-10(14)13-11(12)16-9/h2-6H,1H3,(H2,12,13,14). The van der Waals surface area contributed by atoms with Gasteiger partial charge in [0.15, 0.2) is 5.17 Å². The highest BCUT2D eigenvalue weighted by atomic mass is 32.2. The summed E-state index contributed by atoms with van der Waals surface area (Å²) in [6, 6.07) is 7.99. The summed E-state index contributed by atoms with van der Waals surface area (Å²) in [7, 11) is 0. The molecule has 0 spiro atoms. The van der Waals surface area contributed by atoms with Crippen LogP contribution in [-0.4, -0.2) is 17.3 Å². The molecule has 1 aromatic rings. The molecule has 1 heterocycles. The van der Waals surface area contributed by atoms with E-state index in [4.69, 9.17) is 5.73 Å². The fraction of sp³-hybridized carbons (Fsp3) is 0.0909. The summed E-state index contributed by atoms with van der Waals surface area (Å²) in [6.45, 7) is 0. The van der Waals surface area contributed by atoms with E-state index in [0.717, 1.165) is 5.56 Å². The van der Waals surface area contributed by atoms with Crippen molar-refractivity contribution in [1.82, 2.24) is 0 Å². The van der Waals surface area contributed by atoms with E-state index in [2.05, 4.69) is 4.99 Å². The highest BCUT2D eigenvalue weighted by Gasteiger charge is 2.19. The minimum Gasteiger partial charge on any atom is -0.378 e. The average Bonchev–Trinajstić information content (AvgIpc) is 2.59. The van der Waals surface area contributed by atoms with Crippen molar-refractivity contribution in [3.63, 3.8) is 0 Å². The molecular formula is C11H10N2OS2. The fourth-order valence-electron chi connectivity index (χ4n) is 1.28. The molecule has 0 saturated heterocycles. The molecule has 5 heteroatoms. The Morgan fingerprint density at radius 2 is 2.06 bits per heavy atom. The lowest BCUT2D eigenvalue weighted by Gasteiger charge is -1.98. The molecule has 2 N–H and O–H groups in total. The van der Waals surface area contributed by atoms with Crippen LogP contribution in [0.25, 0.3) is 6.08 Å². The van der Waals surface area contributed by atoms with Gasteiger partial charge in [-0.05, 0) is 41.8 Å². The van der Waals surface area contributed by atoms with Gasteiger partial charge < -0.3 is 5.73 Å². The lowest BCUT2D eigenvalue weighted by atomic mass is 10.2. The summed E-state index contributed by atoms with van der Waals surface area (Å²) in [5.41, 5.74) is 6.45. The van der Waals surface area contributed by atoms with E-state index in [1.54, 1.807) is 17.8 Å². The summed E-state index contributed by atoms with van der Waals surface area (Å²) < 4.78 is 0. The molecule has 0 fully saturated rings. The minimum atomic E-state index is -0.253. The van der Waals surface area contributed by atoms with Crippen LogP contribution in [0.5, 0.6) is 0 Å². The van der Waals surface area contributed by atoms with Crippen molar-refractivity contribution in [2.75, 3.05) is 6.26 Å². The van der Waals surface area contributed by atoms with Crippen molar-refractivity contribution >= 4 is 40.7 Å². The number of benzene rings is 1. The van der Waals surface area contributed by atoms with Gasteiger partial charge in [0.1, 0.15) is 0 Å². The molecule has 0 saturated carbocycles. The molecule has 0 bridgehead atoms. The smallest absolute Gasteiger partial charge is 0.286 e. The van der Waals surface area contributed by atoms with Crippen LogP contribution in [0, 0.1) is 0 Å². The van der Waals surface area contributed by atoms with Crippen LogP contribution in [0.15, 0.2) is 39.1 Å². The number of rotatable bonds is 2. The SMILES string of the molecule is CSc1ccc(C=C2SC(N)=NC2=O)cc1. The van der Waals surface area contributed by atoms with Gasteiger partial charge in [-0.15, -0.1) is 11.8 Å². The second-order valence-electron chi connectivity index (χ2n) is 3.14. The Morgan fingerprint density at radius 1 is 1.38 bits per heavy atom. The average molecular weight is 250 g/mol. The lowest BCUT2D eigenvalue weighted by Crippen LogP contribution is -2.01. The van der Waals surface area contributed by atoms with Gasteiger partial charge >= 0.3 is 0 Å². The van der Waals surface area contributed by atoms with Crippen LogP contribution < -0.4 is 5.73 Å². The highest BCUT2D eigenvalue weighted by molar-refractivity contribution is 8.18. The number of aliphatic imine (C=N–C) groups is 1. The predicted molar refractivity (Wildman–Crippen MR) is 70.4 cm³/mol. The number of amides is 1. The van der Waals surface area contributed by atoms with E-state index in [1.165, 1.54) is 16.7 Å². The molecule has 3 nitrogen and oxygen atoms in total. The monoisotopic (exact) mass is 250 g/mol. The minimum absolute atomic E-state index is 0.253. The van der Waals surface area contributed by atoms with E-state index >= 15 is 0 Å². The van der Waals surface area contributed by atoms with Crippen molar-refractivity contribution in [1.29, 1.82) is 0 Å². The van der Waals surface area contributed by atoms with Gasteiger partial charge in [-0.1, -0.05) is 12.1 Å². The maximum Gasteiger partial charge on any atom is 0.286 e. The number of amidine groups is 1. The zero-order valence-corrected chi connectivity index (χ0v) is 10.3. The summed E-state index contributed by atoms with van der Waals surface area (Å²) in [5, 5.41) is 0.317. The molecule has 2 rings (SSSR count). The third-order valence-electron chi connectivity index (χ3n) is 2.05. The van der Waals surface area contributed by atoms with E-state index < -0.39 is 0 Å². The van der Waals surface area contributed by atoms with E-state index in [-0.39, 0.29) is 5.91 Å². The maximum atomic E-state index is 11.4. The van der Waals surface area contributed by atoms with Crippen LogP contribution in [0.2, 0.25) is 0 Å². The Bertz CT molecular complexity index is 477. The second-order valence-corrected chi connectivity index (χ2v) is 5.08. The third-order valence-corrected chi connectivity index (χ3v) is 3.61. The van der Waals surface area contributed by atoms with Gasteiger partial charge in [0.2, 0.25) is 0 Å². The maximum absolute atomic E-state index is 11.4. The zero-order valence-electron chi connectivity index (χ0n) is 8.64. The Labute approximate surface area is 102 Å². The number of hydrogen-bond acceptors (Lipinski definition) is 4. The number of carbonyl (C=O) groups is 1. The van der Waals surface area contributed by atoms with Crippen molar-refractivity contribution in [3.8, 4) is 0 Å². The molecule has 1 aromatic carbocycles.